The fourth-order valence-corrected chi connectivity index (χ4v) is 3.14. The minimum atomic E-state index is -0.522. The number of benzene rings is 1. The summed E-state index contributed by atoms with van der Waals surface area (Å²) in [5.41, 5.74) is 2.09. The van der Waals surface area contributed by atoms with E-state index in [9.17, 15) is 10.1 Å². The van der Waals surface area contributed by atoms with Crippen LogP contribution in [0.1, 0.15) is 5.69 Å². The summed E-state index contributed by atoms with van der Waals surface area (Å²) in [6.45, 7) is 1.91. The lowest BCUT2D eigenvalue weighted by Gasteiger charge is -2.11. The van der Waals surface area contributed by atoms with Crippen molar-refractivity contribution >= 4 is 50.4 Å². The normalized spacial score (nSPS) is 10.7. The molecule has 3 heterocycles. The van der Waals surface area contributed by atoms with Crippen molar-refractivity contribution in [1.82, 2.24) is 19.9 Å². The smallest absolute Gasteiger partial charge is 0.334 e. The molecule has 0 fully saturated rings. The van der Waals surface area contributed by atoms with E-state index in [0.29, 0.717) is 10.8 Å². The predicted octanol–water partition coefficient (Wildman–Crippen LogP) is 4.19. The van der Waals surface area contributed by atoms with Gasteiger partial charge < -0.3 is 10.6 Å². The molecule has 134 valence electrons. The van der Waals surface area contributed by atoms with Crippen LogP contribution in [0, 0.1) is 17.0 Å². The van der Waals surface area contributed by atoms with Gasteiger partial charge in [0.05, 0.1) is 10.4 Å². The molecule has 0 aliphatic carbocycles. The Morgan fingerprint density at radius 2 is 1.89 bits per heavy atom. The van der Waals surface area contributed by atoms with E-state index in [1.165, 1.54) is 17.7 Å². The summed E-state index contributed by atoms with van der Waals surface area (Å²) in [7, 11) is 0. The van der Waals surface area contributed by atoms with Gasteiger partial charge in [-0.1, -0.05) is 6.07 Å². The summed E-state index contributed by atoms with van der Waals surface area (Å²) in [6.07, 6.45) is 2.86. The van der Waals surface area contributed by atoms with Gasteiger partial charge in [-0.2, -0.15) is 0 Å². The highest BCUT2D eigenvalue weighted by atomic mass is 32.1. The molecule has 4 rings (SSSR count). The molecule has 2 N–H and O–H groups in total. The van der Waals surface area contributed by atoms with E-state index in [2.05, 4.69) is 30.6 Å². The van der Waals surface area contributed by atoms with Crippen LogP contribution in [-0.4, -0.2) is 24.9 Å². The standard InChI is InChI=1S/C17H13N7O2S/c1-10-5-6-11-12(21-10)3-2-4-13(11)22-15-14(24(25)26)16(20-9-19-15)23-17-18-7-8-27-17/h2-9H,1H3,(H2,18,19,20,22,23). The lowest BCUT2D eigenvalue weighted by molar-refractivity contribution is -0.383. The van der Waals surface area contributed by atoms with E-state index < -0.39 is 4.92 Å². The van der Waals surface area contributed by atoms with E-state index in [4.69, 9.17) is 0 Å². The summed E-state index contributed by atoms with van der Waals surface area (Å²) in [5.74, 6) is 0.156. The van der Waals surface area contributed by atoms with Crippen LogP contribution in [0.2, 0.25) is 0 Å². The average Bonchev–Trinajstić information content (AvgIpc) is 3.14. The molecule has 4 aromatic rings. The van der Waals surface area contributed by atoms with Crippen LogP contribution >= 0.6 is 11.3 Å². The second-order valence-corrected chi connectivity index (χ2v) is 6.48. The molecule has 0 aliphatic rings. The van der Waals surface area contributed by atoms with Crippen molar-refractivity contribution in [1.29, 1.82) is 0 Å². The van der Waals surface area contributed by atoms with E-state index in [1.54, 1.807) is 11.6 Å². The van der Waals surface area contributed by atoms with Gasteiger partial charge >= 0.3 is 5.69 Å². The Labute approximate surface area is 157 Å². The molecule has 0 spiro atoms. The highest BCUT2D eigenvalue weighted by Gasteiger charge is 2.24. The lowest BCUT2D eigenvalue weighted by atomic mass is 10.1. The molecule has 27 heavy (non-hydrogen) atoms. The summed E-state index contributed by atoms with van der Waals surface area (Å²) in [4.78, 5) is 27.8. The number of nitro groups is 1. The van der Waals surface area contributed by atoms with Crippen LogP contribution in [0.25, 0.3) is 10.9 Å². The first-order chi connectivity index (χ1) is 13.1. The summed E-state index contributed by atoms with van der Waals surface area (Å²) >= 11 is 1.32. The largest absolute Gasteiger partial charge is 0.353 e. The average molecular weight is 379 g/mol. The first kappa shape index (κ1) is 16.8. The van der Waals surface area contributed by atoms with Crippen LogP contribution in [0.15, 0.2) is 48.2 Å². The van der Waals surface area contributed by atoms with Crippen molar-refractivity contribution in [3.63, 3.8) is 0 Å². The van der Waals surface area contributed by atoms with Crippen LogP contribution in [0.4, 0.5) is 28.1 Å². The SMILES string of the molecule is Cc1ccc2c(Nc3ncnc(Nc4nccs4)c3[N+](=O)[O-])cccc2n1. The highest BCUT2D eigenvalue weighted by molar-refractivity contribution is 7.13. The number of hydrogen-bond acceptors (Lipinski definition) is 9. The van der Waals surface area contributed by atoms with Gasteiger partial charge in [0.25, 0.3) is 0 Å². The first-order valence-corrected chi connectivity index (χ1v) is 8.79. The van der Waals surface area contributed by atoms with Gasteiger partial charge in [-0.3, -0.25) is 15.1 Å². The zero-order valence-corrected chi connectivity index (χ0v) is 14.9. The maximum absolute atomic E-state index is 11.7. The number of rotatable bonds is 5. The van der Waals surface area contributed by atoms with E-state index in [1.807, 2.05) is 37.3 Å². The van der Waals surface area contributed by atoms with Crippen molar-refractivity contribution in [2.45, 2.75) is 6.92 Å². The molecular weight excluding hydrogens is 366 g/mol. The maximum Gasteiger partial charge on any atom is 0.353 e. The number of pyridine rings is 1. The maximum atomic E-state index is 11.7. The highest BCUT2D eigenvalue weighted by Crippen LogP contribution is 2.34. The zero-order chi connectivity index (χ0) is 18.8. The number of aryl methyl sites for hydroxylation is 1. The van der Waals surface area contributed by atoms with E-state index in [-0.39, 0.29) is 17.3 Å². The van der Waals surface area contributed by atoms with Crippen molar-refractivity contribution in [3.05, 3.63) is 64.0 Å². The molecule has 0 radical (unpaired) electrons. The Balaban J connectivity index is 1.77. The Kier molecular flexibility index (Phi) is 4.30. The molecule has 1 aromatic carbocycles. The third-order valence-corrected chi connectivity index (χ3v) is 4.48. The third-order valence-electron chi connectivity index (χ3n) is 3.79. The van der Waals surface area contributed by atoms with Crippen LogP contribution in [-0.2, 0) is 0 Å². The minimum Gasteiger partial charge on any atom is -0.334 e. The predicted molar refractivity (Wildman–Crippen MR) is 104 cm³/mol. The van der Waals surface area contributed by atoms with Gasteiger partial charge in [0, 0.05) is 28.3 Å². The number of nitrogens with zero attached hydrogens (tertiary/aromatic N) is 5. The second kappa shape index (κ2) is 6.92. The Morgan fingerprint density at radius 3 is 2.63 bits per heavy atom. The number of hydrogen-bond donors (Lipinski definition) is 2. The number of thiazole rings is 1. The fourth-order valence-electron chi connectivity index (χ4n) is 2.61. The third kappa shape index (κ3) is 3.37. The molecule has 3 aromatic heterocycles. The lowest BCUT2D eigenvalue weighted by Crippen LogP contribution is -2.05. The van der Waals surface area contributed by atoms with Crippen LogP contribution in [0.5, 0.6) is 0 Å². The summed E-state index contributed by atoms with van der Waals surface area (Å²) in [6, 6.07) is 9.34. The molecule has 0 atom stereocenters. The number of anilines is 4. The van der Waals surface area contributed by atoms with Gasteiger partial charge in [0.2, 0.25) is 11.6 Å². The minimum absolute atomic E-state index is 0.0710. The fraction of sp³-hybridized carbons (Fsp3) is 0.0588. The Morgan fingerprint density at radius 1 is 1.07 bits per heavy atom. The molecule has 0 saturated carbocycles. The van der Waals surface area contributed by atoms with Crippen molar-refractivity contribution in [3.8, 4) is 0 Å². The molecule has 9 nitrogen and oxygen atoms in total. The zero-order valence-electron chi connectivity index (χ0n) is 14.1. The number of aromatic nitrogens is 4. The quantitative estimate of drug-likeness (QED) is 0.391. The van der Waals surface area contributed by atoms with Crippen LogP contribution in [0.3, 0.4) is 0 Å². The van der Waals surface area contributed by atoms with Gasteiger partial charge in [-0.25, -0.2) is 15.0 Å². The van der Waals surface area contributed by atoms with E-state index in [0.717, 1.165) is 16.6 Å². The molecular formula is C17H13N7O2S. The summed E-state index contributed by atoms with van der Waals surface area (Å²) in [5, 5.41) is 20.7. The van der Waals surface area contributed by atoms with Crippen molar-refractivity contribution in [2.24, 2.45) is 0 Å². The topological polar surface area (TPSA) is 119 Å². The second-order valence-electron chi connectivity index (χ2n) is 5.59. The van der Waals surface area contributed by atoms with Gasteiger partial charge in [-0.05, 0) is 31.2 Å². The molecule has 0 unspecified atom stereocenters. The number of nitrogens with one attached hydrogen (secondary N) is 2. The van der Waals surface area contributed by atoms with Crippen LogP contribution < -0.4 is 10.6 Å². The Hall–Kier alpha value is -3.66. The van der Waals surface area contributed by atoms with Gasteiger partial charge in [-0.15, -0.1) is 11.3 Å². The van der Waals surface area contributed by atoms with Gasteiger partial charge in [0.1, 0.15) is 6.33 Å². The van der Waals surface area contributed by atoms with E-state index >= 15 is 0 Å². The van der Waals surface area contributed by atoms with Crippen molar-refractivity contribution < 1.29 is 4.92 Å². The van der Waals surface area contributed by atoms with Crippen molar-refractivity contribution in [2.75, 3.05) is 10.6 Å². The molecule has 10 heteroatoms. The first-order valence-electron chi connectivity index (χ1n) is 7.91. The van der Waals surface area contributed by atoms with Gasteiger partial charge in [0.15, 0.2) is 5.13 Å². The number of fused-ring (bicyclic) bond motifs is 1. The molecule has 0 bridgehead atoms. The monoisotopic (exact) mass is 379 g/mol. The molecule has 0 saturated heterocycles. The summed E-state index contributed by atoms with van der Waals surface area (Å²) < 4.78 is 0. The Bertz CT molecular complexity index is 1130. The molecule has 0 amide bonds. The molecule has 0 aliphatic heterocycles.